The minimum Gasteiger partial charge on any atom is -0.496 e. The number of hydrogen-bond acceptors (Lipinski definition) is 3. The van der Waals surface area contributed by atoms with Crippen LogP contribution in [0.1, 0.15) is 11.1 Å². The third-order valence-corrected chi connectivity index (χ3v) is 3.32. The van der Waals surface area contributed by atoms with Crippen molar-refractivity contribution in [1.82, 2.24) is 5.32 Å². The average Bonchev–Trinajstić information content (AvgIpc) is 2.52. The van der Waals surface area contributed by atoms with Gasteiger partial charge in [-0.05, 0) is 18.1 Å². The minimum atomic E-state index is 0.0438. The molecule has 1 atom stereocenters. The molecule has 0 aliphatic heterocycles. The molecule has 3 nitrogen and oxygen atoms in total. The highest BCUT2D eigenvalue weighted by atomic mass is 16.5. The highest BCUT2D eigenvalue weighted by molar-refractivity contribution is 5.33. The van der Waals surface area contributed by atoms with Crippen molar-refractivity contribution in [1.29, 1.82) is 0 Å². The van der Waals surface area contributed by atoms with Crippen LogP contribution in [0.3, 0.4) is 0 Å². The number of methoxy groups -OCH3 is 1. The van der Waals surface area contributed by atoms with Gasteiger partial charge in [-0.15, -0.1) is 0 Å². The number of para-hydroxylation sites is 1. The van der Waals surface area contributed by atoms with Crippen LogP contribution in [0.5, 0.6) is 5.75 Å². The van der Waals surface area contributed by atoms with E-state index in [1.165, 1.54) is 5.56 Å². The van der Waals surface area contributed by atoms with E-state index in [0.717, 1.165) is 17.7 Å². The van der Waals surface area contributed by atoms with Gasteiger partial charge in [-0.2, -0.15) is 0 Å². The molecule has 0 bridgehead atoms. The van der Waals surface area contributed by atoms with E-state index >= 15 is 0 Å². The molecule has 106 valence electrons. The first-order valence-electron chi connectivity index (χ1n) is 6.83. The van der Waals surface area contributed by atoms with Gasteiger partial charge in [0.2, 0.25) is 0 Å². The Morgan fingerprint density at radius 3 is 2.45 bits per heavy atom. The van der Waals surface area contributed by atoms with Crippen LogP contribution < -0.4 is 10.1 Å². The molecule has 2 rings (SSSR count). The Morgan fingerprint density at radius 1 is 1.05 bits per heavy atom. The maximum atomic E-state index is 9.50. The van der Waals surface area contributed by atoms with E-state index in [9.17, 15) is 5.11 Å². The van der Waals surface area contributed by atoms with Gasteiger partial charge < -0.3 is 15.2 Å². The molecule has 0 saturated carbocycles. The Hall–Kier alpha value is -1.84. The third-order valence-electron chi connectivity index (χ3n) is 3.32. The molecule has 0 unspecified atom stereocenters. The standard InChI is InChI=1S/C17H21NO2/c1-20-17-10-6-5-9-15(17)12-18-16(13-19)11-14-7-3-2-4-8-14/h2-10,16,18-19H,11-13H2,1H3/t16-/m0/s1. The molecule has 20 heavy (non-hydrogen) atoms. The number of nitrogens with one attached hydrogen (secondary N) is 1. The highest BCUT2D eigenvalue weighted by Crippen LogP contribution is 2.17. The van der Waals surface area contributed by atoms with Crippen LogP contribution >= 0.6 is 0 Å². The van der Waals surface area contributed by atoms with E-state index in [1.807, 2.05) is 42.5 Å². The summed E-state index contributed by atoms with van der Waals surface area (Å²) in [6, 6.07) is 18.2. The second kappa shape index (κ2) is 7.68. The topological polar surface area (TPSA) is 41.5 Å². The number of aliphatic hydroxyl groups is 1. The van der Waals surface area contributed by atoms with Gasteiger partial charge in [0.15, 0.2) is 0 Å². The molecule has 0 radical (unpaired) electrons. The van der Waals surface area contributed by atoms with Gasteiger partial charge in [0.25, 0.3) is 0 Å². The Bertz CT molecular complexity index is 513. The van der Waals surface area contributed by atoms with Crippen LogP contribution in [-0.4, -0.2) is 24.9 Å². The van der Waals surface area contributed by atoms with Crippen molar-refractivity contribution < 1.29 is 9.84 Å². The van der Waals surface area contributed by atoms with Gasteiger partial charge in [-0.25, -0.2) is 0 Å². The molecule has 3 heteroatoms. The summed E-state index contributed by atoms with van der Waals surface area (Å²) in [5, 5.41) is 12.9. The van der Waals surface area contributed by atoms with E-state index in [0.29, 0.717) is 6.54 Å². The molecular weight excluding hydrogens is 250 g/mol. The molecule has 2 N–H and O–H groups in total. The molecule has 0 aromatic heterocycles. The summed E-state index contributed by atoms with van der Waals surface area (Å²) in [7, 11) is 1.67. The summed E-state index contributed by atoms with van der Waals surface area (Å²) in [4.78, 5) is 0. The highest BCUT2D eigenvalue weighted by Gasteiger charge is 2.09. The van der Waals surface area contributed by atoms with E-state index < -0.39 is 0 Å². The fourth-order valence-corrected chi connectivity index (χ4v) is 2.20. The van der Waals surface area contributed by atoms with Crippen molar-refractivity contribution in [2.75, 3.05) is 13.7 Å². The van der Waals surface area contributed by atoms with Crippen LogP contribution in [0.25, 0.3) is 0 Å². The normalized spacial score (nSPS) is 12.1. The van der Waals surface area contributed by atoms with E-state index in [2.05, 4.69) is 17.4 Å². The van der Waals surface area contributed by atoms with Crippen molar-refractivity contribution in [2.24, 2.45) is 0 Å². The van der Waals surface area contributed by atoms with Crippen molar-refractivity contribution in [3.8, 4) is 5.75 Å². The second-order valence-electron chi connectivity index (χ2n) is 4.76. The van der Waals surface area contributed by atoms with Crippen LogP contribution in [0, 0.1) is 0 Å². The smallest absolute Gasteiger partial charge is 0.123 e. The number of benzene rings is 2. The lowest BCUT2D eigenvalue weighted by atomic mass is 10.1. The average molecular weight is 271 g/mol. The molecule has 0 aliphatic rings. The molecule has 2 aromatic rings. The lowest BCUT2D eigenvalue weighted by molar-refractivity contribution is 0.240. The fraction of sp³-hybridized carbons (Fsp3) is 0.294. The van der Waals surface area contributed by atoms with Crippen molar-refractivity contribution in [2.45, 2.75) is 19.0 Å². The molecule has 2 aromatic carbocycles. The minimum absolute atomic E-state index is 0.0438. The van der Waals surface area contributed by atoms with Gasteiger partial charge in [0.1, 0.15) is 5.75 Å². The van der Waals surface area contributed by atoms with E-state index in [1.54, 1.807) is 7.11 Å². The van der Waals surface area contributed by atoms with Crippen LogP contribution in [0.15, 0.2) is 54.6 Å². The van der Waals surface area contributed by atoms with Crippen LogP contribution in [0.4, 0.5) is 0 Å². The third kappa shape index (κ3) is 4.08. The predicted octanol–water partition coefficient (Wildman–Crippen LogP) is 2.39. The quantitative estimate of drug-likeness (QED) is 0.812. The molecule has 0 spiro atoms. The van der Waals surface area contributed by atoms with Crippen molar-refractivity contribution >= 4 is 0 Å². The Kier molecular flexibility index (Phi) is 5.59. The second-order valence-corrected chi connectivity index (χ2v) is 4.76. The summed E-state index contributed by atoms with van der Waals surface area (Å²) in [6.45, 7) is 0.798. The summed E-state index contributed by atoms with van der Waals surface area (Å²) in [5.41, 5.74) is 2.32. The zero-order chi connectivity index (χ0) is 14.2. The van der Waals surface area contributed by atoms with E-state index in [-0.39, 0.29) is 12.6 Å². The van der Waals surface area contributed by atoms with Crippen molar-refractivity contribution in [3.63, 3.8) is 0 Å². The number of aliphatic hydroxyl groups excluding tert-OH is 1. The summed E-state index contributed by atoms with van der Waals surface area (Å²) < 4.78 is 5.33. The van der Waals surface area contributed by atoms with Gasteiger partial charge in [0.05, 0.1) is 13.7 Å². The lowest BCUT2D eigenvalue weighted by Crippen LogP contribution is -2.34. The fourth-order valence-electron chi connectivity index (χ4n) is 2.20. The Balaban J connectivity index is 1.94. The Morgan fingerprint density at radius 2 is 1.75 bits per heavy atom. The first-order valence-corrected chi connectivity index (χ1v) is 6.83. The monoisotopic (exact) mass is 271 g/mol. The molecule has 0 amide bonds. The first kappa shape index (κ1) is 14.6. The first-order chi connectivity index (χ1) is 9.83. The van der Waals surface area contributed by atoms with Gasteiger partial charge in [0, 0.05) is 18.2 Å². The SMILES string of the molecule is COc1ccccc1CN[C@H](CO)Cc1ccccc1. The number of hydrogen-bond donors (Lipinski definition) is 2. The van der Waals surface area contributed by atoms with Gasteiger partial charge in [-0.1, -0.05) is 48.5 Å². The Labute approximate surface area is 120 Å². The number of rotatable bonds is 7. The van der Waals surface area contributed by atoms with Crippen LogP contribution in [-0.2, 0) is 13.0 Å². The maximum absolute atomic E-state index is 9.50. The zero-order valence-corrected chi connectivity index (χ0v) is 11.8. The predicted molar refractivity (Wildman–Crippen MR) is 80.9 cm³/mol. The zero-order valence-electron chi connectivity index (χ0n) is 11.8. The van der Waals surface area contributed by atoms with Crippen molar-refractivity contribution in [3.05, 3.63) is 65.7 Å². The van der Waals surface area contributed by atoms with Gasteiger partial charge in [-0.3, -0.25) is 0 Å². The molecule has 0 aliphatic carbocycles. The molecule has 0 saturated heterocycles. The molecular formula is C17H21NO2. The van der Waals surface area contributed by atoms with Crippen LogP contribution in [0.2, 0.25) is 0 Å². The van der Waals surface area contributed by atoms with Gasteiger partial charge >= 0.3 is 0 Å². The maximum Gasteiger partial charge on any atom is 0.123 e. The summed E-state index contributed by atoms with van der Waals surface area (Å²) in [6.07, 6.45) is 0.812. The largest absolute Gasteiger partial charge is 0.496 e. The summed E-state index contributed by atoms with van der Waals surface area (Å²) in [5.74, 6) is 0.872. The molecule has 0 heterocycles. The summed E-state index contributed by atoms with van der Waals surface area (Å²) >= 11 is 0. The molecule has 0 fully saturated rings. The number of ether oxygens (including phenoxy) is 1. The van der Waals surface area contributed by atoms with E-state index in [4.69, 9.17) is 4.74 Å². The lowest BCUT2D eigenvalue weighted by Gasteiger charge is -2.17.